The van der Waals surface area contributed by atoms with Crippen LogP contribution in [-0.2, 0) is 6.54 Å². The summed E-state index contributed by atoms with van der Waals surface area (Å²) in [5.41, 5.74) is 0.886. The molecule has 0 N–H and O–H groups in total. The van der Waals surface area contributed by atoms with E-state index in [9.17, 15) is 4.79 Å². The third kappa shape index (κ3) is 1.23. The van der Waals surface area contributed by atoms with Crippen LogP contribution in [0, 0.1) is 6.92 Å². The van der Waals surface area contributed by atoms with Crippen LogP contribution in [0.25, 0.3) is 0 Å². The molecule has 0 aliphatic rings. The highest BCUT2D eigenvalue weighted by Gasteiger charge is 1.91. The Kier molecular flexibility index (Phi) is 1.85. The summed E-state index contributed by atoms with van der Waals surface area (Å²) in [6.07, 6.45) is 1.69. The standard InChI is InChI=1S/C7H10N2O/c1-3-9-7(10)4-6(2)5-8-9/h4-5H,3H2,1-2H3. The van der Waals surface area contributed by atoms with Gasteiger partial charge < -0.3 is 0 Å². The van der Waals surface area contributed by atoms with E-state index in [1.54, 1.807) is 12.3 Å². The zero-order valence-electron chi connectivity index (χ0n) is 6.16. The average Bonchev–Trinajstić information content (AvgIpc) is 1.88. The van der Waals surface area contributed by atoms with Gasteiger partial charge in [0.1, 0.15) is 0 Å². The Hall–Kier alpha value is -1.12. The highest BCUT2D eigenvalue weighted by Crippen LogP contribution is 1.85. The summed E-state index contributed by atoms with van der Waals surface area (Å²) in [6, 6.07) is 1.58. The van der Waals surface area contributed by atoms with Crippen molar-refractivity contribution >= 4 is 0 Å². The second-order valence-electron chi connectivity index (χ2n) is 2.19. The molecule has 10 heavy (non-hydrogen) atoms. The van der Waals surface area contributed by atoms with Gasteiger partial charge in [-0.15, -0.1) is 0 Å². The van der Waals surface area contributed by atoms with Crippen molar-refractivity contribution in [3.05, 3.63) is 28.2 Å². The molecule has 0 unspecified atom stereocenters. The van der Waals surface area contributed by atoms with E-state index in [-0.39, 0.29) is 5.56 Å². The molecule has 0 aromatic carbocycles. The Bertz CT molecular complexity index is 277. The number of aryl methyl sites for hydroxylation is 2. The first-order valence-corrected chi connectivity index (χ1v) is 3.28. The van der Waals surface area contributed by atoms with E-state index in [4.69, 9.17) is 0 Å². The fraction of sp³-hybridized carbons (Fsp3) is 0.429. The van der Waals surface area contributed by atoms with Gasteiger partial charge in [0.2, 0.25) is 0 Å². The maximum atomic E-state index is 11.0. The quantitative estimate of drug-likeness (QED) is 0.568. The molecular weight excluding hydrogens is 128 g/mol. The molecular formula is C7H10N2O. The van der Waals surface area contributed by atoms with Crippen molar-refractivity contribution < 1.29 is 0 Å². The topological polar surface area (TPSA) is 34.9 Å². The molecule has 1 aromatic rings. The molecule has 0 bridgehead atoms. The molecule has 0 amide bonds. The highest BCUT2D eigenvalue weighted by atomic mass is 16.1. The molecule has 54 valence electrons. The van der Waals surface area contributed by atoms with E-state index in [0.717, 1.165) is 5.56 Å². The predicted molar refractivity (Wildman–Crippen MR) is 38.9 cm³/mol. The molecule has 0 spiro atoms. The monoisotopic (exact) mass is 138 g/mol. The number of hydrogen-bond acceptors (Lipinski definition) is 2. The Morgan fingerprint density at radius 1 is 1.70 bits per heavy atom. The fourth-order valence-corrected chi connectivity index (χ4v) is 0.762. The van der Waals surface area contributed by atoms with Gasteiger partial charge in [-0.1, -0.05) is 0 Å². The van der Waals surface area contributed by atoms with Crippen LogP contribution >= 0.6 is 0 Å². The lowest BCUT2D eigenvalue weighted by Crippen LogP contribution is -2.20. The number of hydrogen-bond donors (Lipinski definition) is 0. The van der Waals surface area contributed by atoms with Crippen molar-refractivity contribution in [1.82, 2.24) is 9.78 Å². The molecule has 0 radical (unpaired) electrons. The minimum absolute atomic E-state index is 0.0255. The molecule has 1 aromatic heterocycles. The molecule has 0 atom stereocenters. The van der Waals surface area contributed by atoms with E-state index in [2.05, 4.69) is 5.10 Å². The van der Waals surface area contributed by atoms with Gasteiger partial charge in [-0.3, -0.25) is 4.79 Å². The minimum atomic E-state index is -0.0255. The predicted octanol–water partition coefficient (Wildman–Crippen LogP) is 0.572. The summed E-state index contributed by atoms with van der Waals surface area (Å²) in [7, 11) is 0. The first kappa shape index (κ1) is 6.99. The first-order chi connectivity index (χ1) is 4.74. The molecule has 0 saturated carbocycles. The van der Waals surface area contributed by atoms with Crippen LogP contribution < -0.4 is 5.56 Å². The van der Waals surface area contributed by atoms with E-state index in [0.29, 0.717) is 6.54 Å². The Morgan fingerprint density at radius 2 is 2.40 bits per heavy atom. The zero-order valence-corrected chi connectivity index (χ0v) is 6.16. The second kappa shape index (κ2) is 2.64. The maximum absolute atomic E-state index is 11.0. The van der Waals surface area contributed by atoms with Crippen molar-refractivity contribution in [2.45, 2.75) is 20.4 Å². The minimum Gasteiger partial charge on any atom is -0.268 e. The molecule has 0 aliphatic carbocycles. The molecule has 0 saturated heterocycles. The van der Waals surface area contributed by atoms with Crippen LogP contribution in [0.4, 0.5) is 0 Å². The van der Waals surface area contributed by atoms with E-state index < -0.39 is 0 Å². The summed E-state index contributed by atoms with van der Waals surface area (Å²) in [6.45, 7) is 4.39. The highest BCUT2D eigenvalue weighted by molar-refractivity contribution is 5.02. The van der Waals surface area contributed by atoms with Crippen molar-refractivity contribution in [2.75, 3.05) is 0 Å². The van der Waals surface area contributed by atoms with Crippen molar-refractivity contribution in [3.8, 4) is 0 Å². The van der Waals surface area contributed by atoms with Gasteiger partial charge in [0.05, 0.1) is 6.20 Å². The lowest BCUT2D eigenvalue weighted by atomic mass is 10.3. The molecule has 1 heterocycles. The summed E-state index contributed by atoms with van der Waals surface area (Å²) in [5, 5.41) is 3.90. The van der Waals surface area contributed by atoms with Crippen molar-refractivity contribution in [2.24, 2.45) is 0 Å². The Morgan fingerprint density at radius 3 is 2.90 bits per heavy atom. The van der Waals surface area contributed by atoms with Crippen LogP contribution in [0.3, 0.4) is 0 Å². The van der Waals surface area contributed by atoms with Gasteiger partial charge in [-0.25, -0.2) is 4.68 Å². The van der Waals surface area contributed by atoms with Crippen LogP contribution in [0.5, 0.6) is 0 Å². The molecule has 0 aliphatic heterocycles. The van der Waals surface area contributed by atoms with Crippen LogP contribution in [0.2, 0.25) is 0 Å². The lowest BCUT2D eigenvalue weighted by molar-refractivity contribution is 0.613. The third-order valence-corrected chi connectivity index (χ3v) is 1.31. The van der Waals surface area contributed by atoms with E-state index in [1.165, 1.54) is 4.68 Å². The second-order valence-corrected chi connectivity index (χ2v) is 2.19. The van der Waals surface area contributed by atoms with Crippen LogP contribution in [0.15, 0.2) is 17.1 Å². The molecule has 3 nitrogen and oxygen atoms in total. The largest absolute Gasteiger partial charge is 0.268 e. The number of aromatic nitrogens is 2. The normalized spacial score (nSPS) is 9.80. The van der Waals surface area contributed by atoms with Crippen molar-refractivity contribution in [1.29, 1.82) is 0 Å². The number of nitrogens with zero attached hydrogens (tertiary/aromatic N) is 2. The number of rotatable bonds is 1. The molecule has 1 rings (SSSR count). The summed E-state index contributed by atoms with van der Waals surface area (Å²) < 4.78 is 1.42. The molecule has 3 heteroatoms. The summed E-state index contributed by atoms with van der Waals surface area (Å²) in [4.78, 5) is 11.0. The first-order valence-electron chi connectivity index (χ1n) is 3.28. The van der Waals surface area contributed by atoms with Gasteiger partial charge >= 0.3 is 0 Å². The van der Waals surface area contributed by atoms with Crippen LogP contribution in [0.1, 0.15) is 12.5 Å². The van der Waals surface area contributed by atoms with Crippen molar-refractivity contribution in [3.63, 3.8) is 0 Å². The van der Waals surface area contributed by atoms with Gasteiger partial charge in [-0.2, -0.15) is 5.10 Å². The summed E-state index contributed by atoms with van der Waals surface area (Å²) >= 11 is 0. The molecule has 0 fully saturated rings. The smallest absolute Gasteiger partial charge is 0.266 e. The van der Waals surface area contributed by atoms with Gasteiger partial charge in [0.15, 0.2) is 0 Å². The SMILES string of the molecule is CCn1ncc(C)cc1=O. The van der Waals surface area contributed by atoms with Crippen LogP contribution in [-0.4, -0.2) is 9.78 Å². The fourth-order valence-electron chi connectivity index (χ4n) is 0.762. The Balaban J connectivity index is 3.20. The van der Waals surface area contributed by atoms with Gasteiger partial charge in [0.25, 0.3) is 5.56 Å². The average molecular weight is 138 g/mol. The lowest BCUT2D eigenvalue weighted by Gasteiger charge is -1.97. The third-order valence-electron chi connectivity index (χ3n) is 1.31. The van der Waals surface area contributed by atoms with Gasteiger partial charge in [0, 0.05) is 12.6 Å². The Labute approximate surface area is 59.3 Å². The maximum Gasteiger partial charge on any atom is 0.266 e. The summed E-state index contributed by atoms with van der Waals surface area (Å²) in [5.74, 6) is 0. The zero-order chi connectivity index (χ0) is 7.56. The van der Waals surface area contributed by atoms with Gasteiger partial charge in [-0.05, 0) is 19.4 Å². The van der Waals surface area contributed by atoms with E-state index in [1.807, 2.05) is 13.8 Å². The van der Waals surface area contributed by atoms with E-state index >= 15 is 0 Å².